The minimum atomic E-state index is -2.82. The maximum absolute atomic E-state index is 12.6. The monoisotopic (exact) mass is 303 g/mol. The van der Waals surface area contributed by atoms with Gasteiger partial charge in [0.1, 0.15) is 19.0 Å². The van der Waals surface area contributed by atoms with Crippen LogP contribution in [0.1, 0.15) is 32.5 Å². The first kappa shape index (κ1) is 17.6. The van der Waals surface area contributed by atoms with Gasteiger partial charge < -0.3 is 14.8 Å². The molecule has 7 heteroatoms. The van der Waals surface area contributed by atoms with Gasteiger partial charge in [0.05, 0.1) is 12.8 Å². The Balaban J connectivity index is 2.42. The van der Waals surface area contributed by atoms with E-state index in [-0.39, 0.29) is 13.2 Å². The van der Waals surface area contributed by atoms with Crippen LogP contribution in [0, 0.1) is 6.92 Å². The summed E-state index contributed by atoms with van der Waals surface area (Å²) < 4.78 is 35.4. The number of alkyl halides is 2. The maximum atomic E-state index is 12.6. The quantitative estimate of drug-likeness (QED) is 0.673. The lowest BCUT2D eigenvalue weighted by Crippen LogP contribution is -2.21. The fraction of sp³-hybridized carbons (Fsp3) is 0.714. The van der Waals surface area contributed by atoms with E-state index in [1.807, 2.05) is 0 Å². The van der Waals surface area contributed by atoms with Crippen molar-refractivity contribution < 1.29 is 18.3 Å². The van der Waals surface area contributed by atoms with Crippen molar-refractivity contribution in [3.8, 4) is 5.75 Å². The third-order valence-corrected chi connectivity index (χ3v) is 2.54. The van der Waals surface area contributed by atoms with Gasteiger partial charge in [-0.25, -0.2) is 18.7 Å². The maximum Gasteiger partial charge on any atom is 0.268 e. The number of unbranched alkanes of at least 4 members (excludes halogenated alkanes) is 1. The average molecular weight is 303 g/mol. The van der Waals surface area contributed by atoms with Gasteiger partial charge in [-0.3, -0.25) is 0 Å². The number of halogens is 2. The van der Waals surface area contributed by atoms with E-state index in [9.17, 15) is 8.78 Å². The van der Waals surface area contributed by atoms with Crippen LogP contribution in [0.4, 0.5) is 14.6 Å². The zero-order valence-electron chi connectivity index (χ0n) is 12.8. The largest absolute Gasteiger partial charge is 0.486 e. The first-order valence-corrected chi connectivity index (χ1v) is 7.08. The molecule has 1 N–H and O–H groups in total. The lowest BCUT2D eigenvalue weighted by Gasteiger charge is -2.13. The fourth-order valence-corrected chi connectivity index (χ4v) is 1.54. The number of nitrogens with zero attached hydrogens (tertiary/aromatic N) is 2. The molecule has 1 aromatic rings. The molecule has 0 saturated carbocycles. The van der Waals surface area contributed by atoms with Crippen LogP contribution in [0.2, 0.25) is 0 Å². The molecule has 5 nitrogen and oxygen atoms in total. The second-order valence-corrected chi connectivity index (χ2v) is 4.88. The van der Waals surface area contributed by atoms with Gasteiger partial charge in [0.25, 0.3) is 5.92 Å². The summed E-state index contributed by atoms with van der Waals surface area (Å²) in [5, 5.41) is 3.18. The predicted molar refractivity (Wildman–Crippen MR) is 77.1 cm³/mol. The molecule has 0 unspecified atom stereocenters. The summed E-state index contributed by atoms with van der Waals surface area (Å²) in [7, 11) is 0. The molecule has 120 valence electrons. The van der Waals surface area contributed by atoms with E-state index in [4.69, 9.17) is 9.47 Å². The fourth-order valence-electron chi connectivity index (χ4n) is 1.54. The van der Waals surface area contributed by atoms with E-state index >= 15 is 0 Å². The molecular weight excluding hydrogens is 280 g/mol. The van der Waals surface area contributed by atoms with Gasteiger partial charge in [0.15, 0.2) is 11.6 Å². The van der Waals surface area contributed by atoms with Gasteiger partial charge in [-0.1, -0.05) is 13.3 Å². The second-order valence-electron chi connectivity index (χ2n) is 4.88. The Kier molecular flexibility index (Phi) is 7.28. The topological polar surface area (TPSA) is 56.3 Å². The van der Waals surface area contributed by atoms with Crippen molar-refractivity contribution in [3.63, 3.8) is 0 Å². The van der Waals surface area contributed by atoms with E-state index in [1.165, 1.54) is 0 Å². The molecule has 0 aliphatic heterocycles. The molecule has 1 rings (SSSR count). The molecule has 0 aromatic carbocycles. The van der Waals surface area contributed by atoms with Gasteiger partial charge in [0, 0.05) is 13.5 Å². The van der Waals surface area contributed by atoms with Crippen LogP contribution in [-0.4, -0.2) is 42.3 Å². The van der Waals surface area contributed by atoms with Crippen LogP contribution < -0.4 is 10.1 Å². The van der Waals surface area contributed by atoms with Crippen molar-refractivity contribution in [1.29, 1.82) is 0 Å². The van der Waals surface area contributed by atoms with Crippen LogP contribution in [0.3, 0.4) is 0 Å². The average Bonchev–Trinajstić information content (AvgIpc) is 2.39. The second kappa shape index (κ2) is 8.71. The standard InChI is InChI=1S/C14H23F2N3O2/c1-4-5-6-17-13-12(9-18-11(2)19-13)21-8-7-20-10-14(3,15)16/h9H,4-8,10H2,1-3H3,(H,17,18,19). The Morgan fingerprint density at radius 2 is 2.10 bits per heavy atom. The number of ether oxygens (including phenoxy) is 2. The summed E-state index contributed by atoms with van der Waals surface area (Å²) in [4.78, 5) is 8.34. The third kappa shape index (κ3) is 7.75. The molecule has 0 bridgehead atoms. The first-order valence-electron chi connectivity index (χ1n) is 7.08. The number of aromatic nitrogens is 2. The van der Waals surface area contributed by atoms with Gasteiger partial charge in [-0.05, 0) is 13.3 Å². The Labute approximate surface area is 124 Å². The molecular formula is C14H23F2N3O2. The molecule has 0 aliphatic rings. The molecule has 0 amide bonds. The summed E-state index contributed by atoms with van der Waals surface area (Å²) in [6, 6.07) is 0. The molecule has 0 aliphatic carbocycles. The Morgan fingerprint density at radius 1 is 1.33 bits per heavy atom. The summed E-state index contributed by atoms with van der Waals surface area (Å²) in [5.41, 5.74) is 0. The molecule has 1 heterocycles. The van der Waals surface area contributed by atoms with Gasteiger partial charge in [-0.2, -0.15) is 0 Å². The van der Waals surface area contributed by atoms with Crippen molar-refractivity contribution in [2.75, 3.05) is 31.7 Å². The highest BCUT2D eigenvalue weighted by atomic mass is 19.3. The lowest BCUT2D eigenvalue weighted by atomic mass is 10.3. The van der Waals surface area contributed by atoms with Crippen LogP contribution in [0.25, 0.3) is 0 Å². The minimum Gasteiger partial charge on any atom is -0.486 e. The summed E-state index contributed by atoms with van der Waals surface area (Å²) in [6.45, 7) is 5.16. The molecule has 0 saturated heterocycles. The zero-order chi connectivity index (χ0) is 15.7. The van der Waals surface area contributed by atoms with Crippen molar-refractivity contribution in [2.45, 2.75) is 39.5 Å². The molecule has 21 heavy (non-hydrogen) atoms. The number of nitrogens with one attached hydrogen (secondary N) is 1. The molecule has 0 spiro atoms. The highest BCUT2D eigenvalue weighted by Gasteiger charge is 2.20. The SMILES string of the molecule is CCCCNc1nc(C)ncc1OCCOCC(C)(F)F. The van der Waals surface area contributed by atoms with Crippen LogP contribution in [-0.2, 0) is 4.74 Å². The van der Waals surface area contributed by atoms with Gasteiger partial charge in [0.2, 0.25) is 0 Å². The number of hydrogen-bond donors (Lipinski definition) is 1. The predicted octanol–water partition coefficient (Wildman–Crippen LogP) is 3.05. The molecule has 0 fully saturated rings. The summed E-state index contributed by atoms with van der Waals surface area (Å²) in [5.74, 6) is -1.05. The van der Waals surface area contributed by atoms with Crippen LogP contribution >= 0.6 is 0 Å². The van der Waals surface area contributed by atoms with Crippen molar-refractivity contribution in [2.24, 2.45) is 0 Å². The van der Waals surface area contributed by atoms with Crippen LogP contribution in [0.5, 0.6) is 5.75 Å². The number of hydrogen-bond acceptors (Lipinski definition) is 5. The van der Waals surface area contributed by atoms with Crippen LogP contribution in [0.15, 0.2) is 6.20 Å². The van der Waals surface area contributed by atoms with Crippen molar-refractivity contribution in [1.82, 2.24) is 9.97 Å². The zero-order valence-corrected chi connectivity index (χ0v) is 12.8. The number of rotatable bonds is 10. The Morgan fingerprint density at radius 3 is 2.76 bits per heavy atom. The van der Waals surface area contributed by atoms with E-state index < -0.39 is 12.5 Å². The lowest BCUT2D eigenvalue weighted by molar-refractivity contribution is -0.0663. The normalized spacial score (nSPS) is 11.5. The van der Waals surface area contributed by atoms with Gasteiger partial charge >= 0.3 is 0 Å². The van der Waals surface area contributed by atoms with E-state index in [0.717, 1.165) is 26.3 Å². The molecule has 1 aromatic heterocycles. The number of anilines is 1. The van der Waals surface area contributed by atoms with Crippen molar-refractivity contribution in [3.05, 3.63) is 12.0 Å². The number of aryl methyl sites for hydroxylation is 1. The smallest absolute Gasteiger partial charge is 0.268 e. The van der Waals surface area contributed by atoms with Crippen molar-refractivity contribution >= 4 is 5.82 Å². The highest BCUT2D eigenvalue weighted by molar-refractivity contribution is 5.48. The summed E-state index contributed by atoms with van der Waals surface area (Å²) in [6.07, 6.45) is 3.68. The van der Waals surface area contributed by atoms with E-state index in [2.05, 4.69) is 22.2 Å². The molecule has 0 atom stereocenters. The Hall–Kier alpha value is -1.50. The van der Waals surface area contributed by atoms with E-state index in [0.29, 0.717) is 17.4 Å². The van der Waals surface area contributed by atoms with Gasteiger partial charge in [-0.15, -0.1) is 0 Å². The first-order chi connectivity index (χ1) is 9.92. The third-order valence-electron chi connectivity index (χ3n) is 2.54. The molecule has 0 radical (unpaired) electrons. The summed E-state index contributed by atoms with van der Waals surface area (Å²) >= 11 is 0. The van der Waals surface area contributed by atoms with E-state index in [1.54, 1.807) is 13.1 Å². The minimum absolute atomic E-state index is 0.0890. The highest BCUT2D eigenvalue weighted by Crippen LogP contribution is 2.20. The Bertz CT molecular complexity index is 425.